The van der Waals surface area contributed by atoms with E-state index < -0.39 is 19.6 Å². The maximum atomic E-state index is 11.4. The number of nitrogens with one attached hydrogen (secondary N) is 1. The van der Waals surface area contributed by atoms with Gasteiger partial charge in [-0.15, -0.1) is 5.09 Å². The molecular formula is C9H19NO3P+. The minimum Gasteiger partial charge on any atom is -0.478 e. The topological polar surface area (TPSA) is 66.4 Å². The van der Waals surface area contributed by atoms with E-state index in [0.717, 1.165) is 19.3 Å². The van der Waals surface area contributed by atoms with E-state index >= 15 is 0 Å². The maximum absolute atomic E-state index is 11.4. The van der Waals surface area contributed by atoms with Gasteiger partial charge in [0.05, 0.1) is 0 Å². The lowest BCUT2D eigenvalue weighted by Gasteiger charge is -1.98. The third kappa shape index (κ3) is 5.30. The molecule has 4 nitrogen and oxygen atoms in total. The summed E-state index contributed by atoms with van der Waals surface area (Å²) >= 11 is 0. The first-order valence-corrected chi connectivity index (χ1v) is 6.39. The van der Waals surface area contributed by atoms with Crippen LogP contribution in [0.3, 0.4) is 0 Å². The van der Waals surface area contributed by atoms with Crippen LogP contribution in [0.25, 0.3) is 0 Å². The molecular weight excluding hydrogens is 201 g/mol. The van der Waals surface area contributed by atoms with Crippen LogP contribution in [0.1, 0.15) is 39.5 Å². The van der Waals surface area contributed by atoms with E-state index in [1.54, 1.807) is 6.92 Å². The molecule has 0 saturated heterocycles. The van der Waals surface area contributed by atoms with Crippen LogP contribution in [0, 0.1) is 0 Å². The molecule has 0 saturated carbocycles. The van der Waals surface area contributed by atoms with Crippen LogP contribution in [-0.2, 0) is 9.36 Å². The number of rotatable bonds is 8. The maximum Gasteiger partial charge on any atom is 0.447 e. The number of carboxylic acid groups (broad SMARTS) is 1. The van der Waals surface area contributed by atoms with Crippen molar-refractivity contribution in [1.29, 1.82) is 0 Å². The highest BCUT2D eigenvalue weighted by atomic mass is 31.1. The molecule has 0 spiro atoms. The Kier molecular flexibility index (Phi) is 7.63. The van der Waals surface area contributed by atoms with Gasteiger partial charge in [-0.05, 0) is 11.0 Å². The second kappa shape index (κ2) is 7.89. The molecule has 0 aromatic heterocycles. The van der Waals surface area contributed by atoms with Gasteiger partial charge in [0.15, 0.2) is 0 Å². The standard InChI is InChI=1S/C9H18NO3P/c1-3-5-6-7-10-14(13)8(4-2)9(11)12/h8H,3-7H2,1-2H3,(H-,10,11,12,13)/p+1. The van der Waals surface area contributed by atoms with Gasteiger partial charge in [-0.25, -0.2) is 4.79 Å². The van der Waals surface area contributed by atoms with E-state index in [1.165, 1.54) is 0 Å². The normalized spacial score (nSPS) is 13.7. The largest absolute Gasteiger partial charge is 0.478 e. The summed E-state index contributed by atoms with van der Waals surface area (Å²) in [6, 6.07) is 0. The van der Waals surface area contributed by atoms with Crippen molar-refractivity contribution in [2.75, 3.05) is 6.54 Å². The van der Waals surface area contributed by atoms with E-state index in [2.05, 4.69) is 12.0 Å². The van der Waals surface area contributed by atoms with E-state index in [-0.39, 0.29) is 0 Å². The molecule has 2 N–H and O–H groups in total. The molecule has 0 radical (unpaired) electrons. The van der Waals surface area contributed by atoms with Crippen LogP contribution in [0.15, 0.2) is 0 Å². The molecule has 0 aromatic carbocycles. The van der Waals surface area contributed by atoms with E-state index in [9.17, 15) is 9.36 Å². The molecule has 5 heteroatoms. The van der Waals surface area contributed by atoms with Crippen molar-refractivity contribution in [3.05, 3.63) is 0 Å². The fraction of sp³-hybridized carbons (Fsp3) is 0.889. The summed E-state index contributed by atoms with van der Waals surface area (Å²) in [5, 5.41) is 11.5. The van der Waals surface area contributed by atoms with Gasteiger partial charge in [0.25, 0.3) is 5.66 Å². The molecule has 0 amide bonds. The average molecular weight is 220 g/mol. The third-order valence-electron chi connectivity index (χ3n) is 2.00. The number of hydrogen-bond donors (Lipinski definition) is 2. The summed E-state index contributed by atoms with van der Waals surface area (Å²) in [6.45, 7) is 4.47. The quantitative estimate of drug-likeness (QED) is 0.487. The van der Waals surface area contributed by atoms with Crippen LogP contribution in [-0.4, -0.2) is 23.3 Å². The fourth-order valence-corrected chi connectivity index (χ4v) is 2.25. The summed E-state index contributed by atoms with van der Waals surface area (Å²) < 4.78 is 11.4. The van der Waals surface area contributed by atoms with Crippen LogP contribution >= 0.6 is 7.95 Å². The molecule has 0 aromatic rings. The first-order valence-electron chi connectivity index (χ1n) is 5.06. The van der Waals surface area contributed by atoms with Gasteiger partial charge in [0.2, 0.25) is 0 Å². The van der Waals surface area contributed by atoms with Crippen LogP contribution in [0.5, 0.6) is 0 Å². The average Bonchev–Trinajstić information content (AvgIpc) is 2.13. The Morgan fingerprint density at radius 1 is 1.43 bits per heavy atom. The molecule has 0 aliphatic heterocycles. The Bertz CT molecular complexity index is 196. The Labute approximate surface area is 85.9 Å². The summed E-state index contributed by atoms with van der Waals surface area (Å²) in [6.07, 6.45) is 3.55. The van der Waals surface area contributed by atoms with E-state index in [0.29, 0.717) is 13.0 Å². The first kappa shape index (κ1) is 13.5. The molecule has 0 heterocycles. The first-order chi connectivity index (χ1) is 6.63. The second-order valence-corrected chi connectivity index (χ2v) is 4.79. The predicted octanol–water partition coefficient (Wildman–Crippen LogP) is 2.37. The SMILES string of the molecule is CCCCCN[P+](=O)C(CC)C(=O)O. The molecule has 82 valence electrons. The second-order valence-electron chi connectivity index (χ2n) is 3.20. The van der Waals surface area contributed by atoms with Crippen molar-refractivity contribution < 1.29 is 14.5 Å². The predicted molar refractivity (Wildman–Crippen MR) is 56.8 cm³/mol. The third-order valence-corrected chi connectivity index (χ3v) is 3.69. The van der Waals surface area contributed by atoms with Gasteiger partial charge in [-0.3, -0.25) is 0 Å². The van der Waals surface area contributed by atoms with Crippen LogP contribution in [0.4, 0.5) is 0 Å². The van der Waals surface area contributed by atoms with Crippen molar-refractivity contribution in [2.24, 2.45) is 0 Å². The Morgan fingerprint density at radius 2 is 2.07 bits per heavy atom. The smallest absolute Gasteiger partial charge is 0.447 e. The molecule has 0 bridgehead atoms. The number of unbranched alkanes of at least 4 members (excludes halogenated alkanes) is 2. The molecule has 2 unspecified atom stereocenters. The van der Waals surface area contributed by atoms with Gasteiger partial charge >= 0.3 is 13.9 Å². The van der Waals surface area contributed by atoms with Crippen molar-refractivity contribution in [3.63, 3.8) is 0 Å². The molecule has 0 rings (SSSR count). The minimum atomic E-state index is -1.80. The van der Waals surface area contributed by atoms with Crippen molar-refractivity contribution >= 4 is 13.9 Å². The van der Waals surface area contributed by atoms with Gasteiger partial charge in [0, 0.05) is 13.0 Å². The summed E-state index contributed by atoms with van der Waals surface area (Å²) in [5.41, 5.74) is -0.744. The van der Waals surface area contributed by atoms with Gasteiger partial charge < -0.3 is 5.11 Å². The zero-order chi connectivity index (χ0) is 11.0. The number of hydrogen-bond acceptors (Lipinski definition) is 2. The van der Waals surface area contributed by atoms with Crippen molar-refractivity contribution in [3.8, 4) is 0 Å². The lowest BCUT2D eigenvalue weighted by atomic mass is 10.3. The minimum absolute atomic E-state index is 0.408. The Balaban J connectivity index is 3.76. The Morgan fingerprint density at radius 3 is 2.50 bits per heavy atom. The van der Waals surface area contributed by atoms with Gasteiger partial charge in [-0.2, -0.15) is 0 Å². The van der Waals surface area contributed by atoms with Gasteiger partial charge in [0.1, 0.15) is 0 Å². The summed E-state index contributed by atoms with van der Waals surface area (Å²) in [4.78, 5) is 10.6. The fourth-order valence-electron chi connectivity index (χ4n) is 1.12. The highest BCUT2D eigenvalue weighted by Crippen LogP contribution is 2.25. The molecule has 0 aliphatic carbocycles. The van der Waals surface area contributed by atoms with Gasteiger partial charge in [-0.1, -0.05) is 26.7 Å². The molecule has 14 heavy (non-hydrogen) atoms. The molecule has 2 atom stereocenters. The van der Waals surface area contributed by atoms with Crippen molar-refractivity contribution in [1.82, 2.24) is 5.09 Å². The highest BCUT2D eigenvalue weighted by molar-refractivity contribution is 7.44. The van der Waals surface area contributed by atoms with Crippen molar-refractivity contribution in [2.45, 2.75) is 45.2 Å². The van der Waals surface area contributed by atoms with Crippen LogP contribution < -0.4 is 5.09 Å². The lowest BCUT2D eigenvalue weighted by Crippen LogP contribution is -2.21. The van der Waals surface area contributed by atoms with E-state index in [4.69, 9.17) is 5.11 Å². The molecule has 0 fully saturated rings. The summed E-state index contributed by atoms with van der Waals surface area (Å²) in [5.74, 6) is -0.975. The zero-order valence-corrected chi connectivity index (χ0v) is 9.72. The van der Waals surface area contributed by atoms with Crippen LogP contribution in [0.2, 0.25) is 0 Å². The zero-order valence-electron chi connectivity index (χ0n) is 8.82. The number of aliphatic carboxylic acids is 1. The summed E-state index contributed by atoms with van der Waals surface area (Å²) in [7, 11) is -1.80. The highest BCUT2D eigenvalue weighted by Gasteiger charge is 2.35. The Hall–Kier alpha value is -0.470. The van der Waals surface area contributed by atoms with E-state index in [1.807, 2.05) is 0 Å². The monoisotopic (exact) mass is 220 g/mol. The lowest BCUT2D eigenvalue weighted by molar-refractivity contribution is -0.136. The molecule has 0 aliphatic rings. The number of carboxylic acids is 1. The number of carbonyl (C=O) groups is 1.